The Morgan fingerprint density at radius 3 is 2.35 bits per heavy atom. The number of carbonyl (C=O) groups excluding carboxylic acids is 2. The maximum atomic E-state index is 12.1. The predicted octanol–water partition coefficient (Wildman–Crippen LogP) is 0.784. The van der Waals surface area contributed by atoms with E-state index in [1.807, 2.05) is 0 Å². The summed E-state index contributed by atoms with van der Waals surface area (Å²) in [7, 11) is -3.18. The number of nitrogens with zero attached hydrogens (tertiary/aromatic N) is 1. The third-order valence-electron chi connectivity index (χ3n) is 4.08. The predicted molar refractivity (Wildman–Crippen MR) is 99.8 cm³/mol. The van der Waals surface area contributed by atoms with Crippen LogP contribution < -0.4 is 10.6 Å². The summed E-state index contributed by atoms with van der Waals surface area (Å²) in [6.45, 7) is 2.44. The molecule has 2 rings (SSSR count). The first-order chi connectivity index (χ1) is 12.3. The number of hydrogen-bond donors (Lipinski definition) is 2. The molecule has 0 unspecified atom stereocenters. The minimum Gasteiger partial charge on any atom is -0.345 e. The van der Waals surface area contributed by atoms with Crippen molar-refractivity contribution in [2.75, 3.05) is 31.2 Å². The van der Waals surface area contributed by atoms with Gasteiger partial charge in [-0.2, -0.15) is 0 Å². The number of sulfonamides is 1. The molecule has 0 aromatic heterocycles. The van der Waals surface area contributed by atoms with Crippen molar-refractivity contribution in [1.82, 2.24) is 9.62 Å². The third kappa shape index (κ3) is 6.17. The lowest BCUT2D eigenvalue weighted by Crippen LogP contribution is -2.42. The van der Waals surface area contributed by atoms with E-state index in [-0.39, 0.29) is 24.3 Å². The van der Waals surface area contributed by atoms with Gasteiger partial charge in [0.05, 0.1) is 12.8 Å². The Morgan fingerprint density at radius 2 is 1.81 bits per heavy atom. The number of rotatable bonds is 4. The number of benzene rings is 1. The van der Waals surface area contributed by atoms with Gasteiger partial charge < -0.3 is 10.6 Å². The smallest absolute Gasteiger partial charge is 0.223 e. The molecule has 2 N–H and O–H groups in total. The van der Waals surface area contributed by atoms with Gasteiger partial charge in [-0.1, -0.05) is 11.8 Å². The van der Waals surface area contributed by atoms with Gasteiger partial charge in [0.15, 0.2) is 0 Å². The van der Waals surface area contributed by atoms with Crippen LogP contribution in [0, 0.1) is 17.8 Å². The van der Waals surface area contributed by atoms with Crippen molar-refractivity contribution in [3.63, 3.8) is 0 Å². The molecule has 0 spiro atoms. The van der Waals surface area contributed by atoms with E-state index < -0.39 is 10.0 Å². The molecule has 1 heterocycles. The van der Waals surface area contributed by atoms with E-state index in [9.17, 15) is 18.0 Å². The van der Waals surface area contributed by atoms with Crippen molar-refractivity contribution in [3.8, 4) is 11.8 Å². The van der Waals surface area contributed by atoms with Crippen molar-refractivity contribution in [2.45, 2.75) is 19.8 Å². The highest BCUT2D eigenvalue weighted by molar-refractivity contribution is 7.88. The summed E-state index contributed by atoms with van der Waals surface area (Å²) in [4.78, 5) is 23.1. The topological polar surface area (TPSA) is 95.6 Å². The van der Waals surface area contributed by atoms with Crippen molar-refractivity contribution in [3.05, 3.63) is 29.8 Å². The molecule has 8 heteroatoms. The summed E-state index contributed by atoms with van der Waals surface area (Å²) in [5.74, 6) is 5.44. The third-order valence-corrected chi connectivity index (χ3v) is 5.39. The average Bonchev–Trinajstić information content (AvgIpc) is 2.59. The summed E-state index contributed by atoms with van der Waals surface area (Å²) < 4.78 is 24.3. The Morgan fingerprint density at radius 1 is 1.19 bits per heavy atom. The minimum absolute atomic E-state index is 0.0894. The van der Waals surface area contributed by atoms with Crippen LogP contribution in [0.2, 0.25) is 0 Å². The molecular formula is C18H23N3O4S. The van der Waals surface area contributed by atoms with Gasteiger partial charge in [-0.3, -0.25) is 9.59 Å². The molecule has 0 radical (unpaired) electrons. The molecule has 0 saturated carbocycles. The second kappa shape index (κ2) is 8.83. The number of anilines is 1. The highest BCUT2D eigenvalue weighted by atomic mass is 32.2. The van der Waals surface area contributed by atoms with Gasteiger partial charge in [0, 0.05) is 37.2 Å². The van der Waals surface area contributed by atoms with E-state index in [1.165, 1.54) is 17.5 Å². The van der Waals surface area contributed by atoms with Crippen molar-refractivity contribution >= 4 is 27.5 Å². The fraction of sp³-hybridized carbons (Fsp3) is 0.444. The van der Waals surface area contributed by atoms with E-state index >= 15 is 0 Å². The van der Waals surface area contributed by atoms with Crippen molar-refractivity contribution in [1.29, 1.82) is 0 Å². The van der Waals surface area contributed by atoms with E-state index in [4.69, 9.17) is 0 Å². The average molecular weight is 377 g/mol. The lowest BCUT2D eigenvalue weighted by Gasteiger charge is -2.29. The molecule has 1 aromatic rings. The van der Waals surface area contributed by atoms with E-state index in [1.54, 1.807) is 24.3 Å². The molecule has 7 nitrogen and oxygen atoms in total. The molecule has 2 amide bonds. The Bertz CT molecular complexity index is 814. The second-order valence-corrected chi connectivity index (χ2v) is 8.20. The zero-order chi connectivity index (χ0) is 19.2. The lowest BCUT2D eigenvalue weighted by atomic mass is 9.97. The minimum atomic E-state index is -3.18. The Labute approximate surface area is 154 Å². The zero-order valence-corrected chi connectivity index (χ0v) is 15.7. The highest BCUT2D eigenvalue weighted by Crippen LogP contribution is 2.19. The molecular weight excluding hydrogens is 354 g/mol. The van der Waals surface area contributed by atoms with Crippen LogP contribution in [0.5, 0.6) is 0 Å². The summed E-state index contributed by atoms with van der Waals surface area (Å²) in [6.07, 6.45) is 2.24. The fourth-order valence-electron chi connectivity index (χ4n) is 2.71. The largest absolute Gasteiger partial charge is 0.345 e. The molecule has 26 heavy (non-hydrogen) atoms. The van der Waals surface area contributed by atoms with Crippen LogP contribution in [-0.4, -0.2) is 50.4 Å². The van der Waals surface area contributed by atoms with Gasteiger partial charge >= 0.3 is 0 Å². The fourth-order valence-corrected chi connectivity index (χ4v) is 3.59. The first-order valence-electron chi connectivity index (χ1n) is 8.35. The summed E-state index contributed by atoms with van der Waals surface area (Å²) in [6, 6.07) is 7.11. The highest BCUT2D eigenvalue weighted by Gasteiger charge is 2.28. The van der Waals surface area contributed by atoms with Crippen molar-refractivity contribution in [2.24, 2.45) is 5.92 Å². The molecule has 1 fully saturated rings. The van der Waals surface area contributed by atoms with Crippen LogP contribution in [0.1, 0.15) is 25.3 Å². The van der Waals surface area contributed by atoms with E-state index in [2.05, 4.69) is 22.5 Å². The Kier molecular flexibility index (Phi) is 6.77. The van der Waals surface area contributed by atoms with Gasteiger partial charge in [-0.25, -0.2) is 12.7 Å². The van der Waals surface area contributed by atoms with Crippen LogP contribution in [0.15, 0.2) is 24.3 Å². The summed E-state index contributed by atoms with van der Waals surface area (Å²) in [5, 5.41) is 5.45. The number of nitrogens with one attached hydrogen (secondary N) is 2. The van der Waals surface area contributed by atoms with Crippen LogP contribution in [-0.2, 0) is 19.6 Å². The maximum absolute atomic E-state index is 12.1. The molecule has 0 bridgehead atoms. The van der Waals surface area contributed by atoms with Crippen LogP contribution in [0.25, 0.3) is 0 Å². The lowest BCUT2D eigenvalue weighted by molar-refractivity contribution is -0.125. The monoisotopic (exact) mass is 377 g/mol. The maximum Gasteiger partial charge on any atom is 0.223 e. The zero-order valence-electron chi connectivity index (χ0n) is 14.9. The van der Waals surface area contributed by atoms with Gasteiger partial charge in [0.2, 0.25) is 21.8 Å². The van der Waals surface area contributed by atoms with Crippen LogP contribution >= 0.6 is 0 Å². The number of amides is 2. The van der Waals surface area contributed by atoms with Crippen LogP contribution in [0.3, 0.4) is 0 Å². The van der Waals surface area contributed by atoms with Crippen LogP contribution in [0.4, 0.5) is 5.69 Å². The molecule has 1 aliphatic heterocycles. The van der Waals surface area contributed by atoms with Gasteiger partial charge in [-0.05, 0) is 37.1 Å². The second-order valence-electron chi connectivity index (χ2n) is 6.21. The standard InChI is InChI=1S/C18H23N3O4S/c1-14(22)20-17-7-5-15(6-8-17)4-3-11-19-18(23)16-9-12-21(13-10-16)26(2,24)25/h5-8,16H,9-13H2,1-2H3,(H,19,23)(H,20,22). The Hall–Kier alpha value is -2.37. The van der Waals surface area contributed by atoms with E-state index in [0.29, 0.717) is 31.6 Å². The molecule has 0 atom stereocenters. The normalized spacial score (nSPS) is 15.6. The van der Waals surface area contributed by atoms with Gasteiger partial charge in [-0.15, -0.1) is 0 Å². The first kappa shape index (κ1) is 19.9. The molecule has 1 aliphatic rings. The van der Waals surface area contributed by atoms with Gasteiger partial charge in [0.1, 0.15) is 0 Å². The summed E-state index contributed by atoms with van der Waals surface area (Å²) >= 11 is 0. The Balaban J connectivity index is 1.77. The number of hydrogen-bond acceptors (Lipinski definition) is 4. The number of carbonyl (C=O) groups is 2. The molecule has 1 saturated heterocycles. The SMILES string of the molecule is CC(=O)Nc1ccc(C#CCNC(=O)C2CCN(S(C)(=O)=O)CC2)cc1. The molecule has 0 aliphatic carbocycles. The molecule has 1 aromatic carbocycles. The van der Waals surface area contributed by atoms with Gasteiger partial charge in [0.25, 0.3) is 0 Å². The number of piperidine rings is 1. The summed E-state index contributed by atoms with van der Waals surface area (Å²) in [5.41, 5.74) is 1.49. The first-order valence-corrected chi connectivity index (χ1v) is 10.2. The molecule has 140 valence electrons. The quantitative estimate of drug-likeness (QED) is 0.758. The van der Waals surface area contributed by atoms with E-state index in [0.717, 1.165) is 5.56 Å². The van der Waals surface area contributed by atoms with Crippen molar-refractivity contribution < 1.29 is 18.0 Å².